The summed E-state index contributed by atoms with van der Waals surface area (Å²) < 4.78 is 27.0. The van der Waals surface area contributed by atoms with Gasteiger partial charge in [-0.3, -0.25) is 10.2 Å². The second kappa shape index (κ2) is 8.37. The molecular weight excluding hydrogens is 376 g/mol. The topological polar surface area (TPSA) is 116 Å². The van der Waals surface area contributed by atoms with Crippen molar-refractivity contribution >= 4 is 27.8 Å². The Morgan fingerprint density at radius 3 is 2.68 bits per heavy atom. The molecule has 1 amide bonds. The average Bonchev–Trinajstić information content (AvgIpc) is 3.00. The second-order valence-corrected chi connectivity index (χ2v) is 8.19. The van der Waals surface area contributed by atoms with E-state index in [0.29, 0.717) is 25.1 Å². The number of hydrogen-bond donors (Lipinski definition) is 3. The average molecular weight is 398 g/mol. The molecule has 1 fully saturated rings. The minimum absolute atomic E-state index is 0.0366. The fraction of sp³-hybridized carbons (Fsp3) is 0.200. The van der Waals surface area contributed by atoms with Gasteiger partial charge in [-0.2, -0.15) is 4.72 Å². The molecular formula is C20H22N4O3S. The number of nitrogens with zero attached hydrogens (tertiary/aromatic N) is 1. The first-order valence-corrected chi connectivity index (χ1v) is 10.4. The van der Waals surface area contributed by atoms with Crippen LogP contribution >= 0.6 is 0 Å². The molecule has 2 aromatic rings. The summed E-state index contributed by atoms with van der Waals surface area (Å²) in [6.45, 7) is 0.802. The number of sulfonamides is 1. The van der Waals surface area contributed by atoms with E-state index in [1.54, 1.807) is 35.2 Å². The maximum absolute atomic E-state index is 12.6. The van der Waals surface area contributed by atoms with Gasteiger partial charge < -0.3 is 10.6 Å². The molecule has 0 radical (unpaired) electrons. The molecule has 7 nitrogen and oxygen atoms in total. The van der Waals surface area contributed by atoms with Crippen LogP contribution in [0, 0.1) is 5.41 Å². The van der Waals surface area contributed by atoms with Crippen molar-refractivity contribution in [3.8, 4) is 0 Å². The first kappa shape index (κ1) is 19.8. The molecule has 0 aromatic heterocycles. The molecule has 8 heteroatoms. The zero-order valence-corrected chi connectivity index (χ0v) is 16.0. The van der Waals surface area contributed by atoms with Crippen molar-refractivity contribution in [1.29, 1.82) is 5.41 Å². The number of amides is 1. The number of nitrogens with two attached hydrogens (primary N) is 1. The van der Waals surface area contributed by atoms with Gasteiger partial charge in [0.05, 0.1) is 0 Å². The molecule has 1 saturated heterocycles. The highest BCUT2D eigenvalue weighted by Crippen LogP contribution is 2.17. The Labute approximate surface area is 164 Å². The number of benzene rings is 2. The predicted octanol–water partition coefficient (Wildman–Crippen LogP) is 1.66. The van der Waals surface area contributed by atoms with Gasteiger partial charge in [0.1, 0.15) is 11.9 Å². The maximum atomic E-state index is 12.6. The van der Waals surface area contributed by atoms with Crippen LogP contribution in [0.2, 0.25) is 0 Å². The molecule has 0 aliphatic carbocycles. The Morgan fingerprint density at radius 1 is 1.21 bits per heavy atom. The molecule has 3 rings (SSSR count). The van der Waals surface area contributed by atoms with E-state index in [1.807, 2.05) is 24.3 Å². The molecule has 0 bridgehead atoms. The summed E-state index contributed by atoms with van der Waals surface area (Å²) in [5.41, 5.74) is 7.69. The molecule has 1 aliphatic rings. The van der Waals surface area contributed by atoms with Crippen LogP contribution in [0.15, 0.2) is 60.0 Å². The van der Waals surface area contributed by atoms with Crippen LogP contribution < -0.4 is 10.5 Å². The Bertz CT molecular complexity index is 1000. The molecule has 146 valence electrons. The van der Waals surface area contributed by atoms with Crippen molar-refractivity contribution in [1.82, 2.24) is 9.62 Å². The van der Waals surface area contributed by atoms with Gasteiger partial charge in [-0.15, -0.1) is 0 Å². The molecule has 28 heavy (non-hydrogen) atoms. The van der Waals surface area contributed by atoms with Gasteiger partial charge in [0.2, 0.25) is 15.9 Å². The highest BCUT2D eigenvalue weighted by Gasteiger charge is 2.33. The quantitative estimate of drug-likeness (QED) is 0.486. The van der Waals surface area contributed by atoms with Crippen molar-refractivity contribution in [2.75, 3.05) is 6.54 Å². The minimum Gasteiger partial charge on any atom is -0.384 e. The number of rotatable bonds is 7. The lowest BCUT2D eigenvalue weighted by atomic mass is 10.1. The van der Waals surface area contributed by atoms with E-state index in [2.05, 4.69) is 4.72 Å². The van der Waals surface area contributed by atoms with Gasteiger partial charge in [0.25, 0.3) is 0 Å². The van der Waals surface area contributed by atoms with Crippen LogP contribution in [-0.4, -0.2) is 37.6 Å². The van der Waals surface area contributed by atoms with Crippen LogP contribution in [0.25, 0.3) is 6.08 Å². The van der Waals surface area contributed by atoms with E-state index in [-0.39, 0.29) is 11.7 Å². The number of carbonyl (C=O) groups excluding carboxylic acids is 1. The van der Waals surface area contributed by atoms with Crippen molar-refractivity contribution in [2.45, 2.75) is 19.0 Å². The molecule has 1 aliphatic heterocycles. The van der Waals surface area contributed by atoms with Crippen molar-refractivity contribution in [3.05, 3.63) is 76.7 Å². The number of amidine groups is 1. The minimum atomic E-state index is -3.73. The lowest BCUT2D eigenvalue weighted by Crippen LogP contribution is -2.40. The van der Waals surface area contributed by atoms with Crippen LogP contribution in [0.1, 0.15) is 23.1 Å². The summed E-state index contributed by atoms with van der Waals surface area (Å²) in [5, 5.41) is 8.58. The molecule has 1 heterocycles. The van der Waals surface area contributed by atoms with Gasteiger partial charge in [-0.25, -0.2) is 8.42 Å². The van der Waals surface area contributed by atoms with Crippen LogP contribution in [0.5, 0.6) is 0 Å². The van der Waals surface area contributed by atoms with Crippen molar-refractivity contribution in [3.63, 3.8) is 0 Å². The summed E-state index contributed by atoms with van der Waals surface area (Å²) >= 11 is 0. The van der Waals surface area contributed by atoms with E-state index in [4.69, 9.17) is 11.1 Å². The van der Waals surface area contributed by atoms with Crippen LogP contribution in [-0.2, 0) is 21.4 Å². The smallest absolute Gasteiger partial charge is 0.241 e. The summed E-state index contributed by atoms with van der Waals surface area (Å²) in [5.74, 6) is -0.296. The Hall–Kier alpha value is -2.97. The maximum Gasteiger partial charge on any atom is 0.241 e. The predicted molar refractivity (Wildman–Crippen MR) is 109 cm³/mol. The lowest BCUT2D eigenvalue weighted by molar-refractivity contribution is -0.129. The standard InChI is InChI=1S/C20H22N4O3S/c21-19(22)17-8-4-7-16(13-17)14-24-11-9-18(20(24)25)23-28(26,27)12-10-15-5-2-1-3-6-15/h1-8,10,12-13,18,23H,9,11,14H2,(H3,21,22)/t18-/m0/s1. The third-order valence-corrected chi connectivity index (χ3v) is 5.56. The number of nitrogen functional groups attached to an aromatic ring is 1. The third kappa shape index (κ3) is 5.05. The zero-order valence-electron chi connectivity index (χ0n) is 15.2. The fourth-order valence-corrected chi connectivity index (χ4v) is 4.06. The summed E-state index contributed by atoms with van der Waals surface area (Å²) in [4.78, 5) is 14.2. The zero-order chi connectivity index (χ0) is 20.1. The number of hydrogen-bond acceptors (Lipinski definition) is 4. The normalized spacial score (nSPS) is 17.4. The van der Waals surface area contributed by atoms with E-state index >= 15 is 0 Å². The molecule has 0 spiro atoms. The van der Waals surface area contributed by atoms with E-state index in [1.165, 1.54) is 6.08 Å². The fourth-order valence-electron chi connectivity index (χ4n) is 3.03. The van der Waals surface area contributed by atoms with Crippen LogP contribution in [0.3, 0.4) is 0 Å². The van der Waals surface area contributed by atoms with Gasteiger partial charge in [0, 0.05) is 24.1 Å². The SMILES string of the molecule is N=C(N)c1cccc(CN2CC[C@H](NS(=O)(=O)C=Cc3ccccc3)C2=O)c1. The van der Waals surface area contributed by atoms with E-state index in [9.17, 15) is 13.2 Å². The molecule has 4 N–H and O–H groups in total. The number of carbonyl (C=O) groups is 1. The van der Waals surface area contributed by atoms with Gasteiger partial charge in [-0.05, 0) is 29.7 Å². The largest absolute Gasteiger partial charge is 0.384 e. The monoisotopic (exact) mass is 398 g/mol. The molecule has 2 aromatic carbocycles. The Kier molecular flexibility index (Phi) is 5.91. The Balaban J connectivity index is 1.63. The first-order valence-electron chi connectivity index (χ1n) is 8.82. The Morgan fingerprint density at radius 2 is 1.96 bits per heavy atom. The summed E-state index contributed by atoms with van der Waals surface area (Å²) in [7, 11) is -3.73. The van der Waals surface area contributed by atoms with Crippen molar-refractivity contribution in [2.24, 2.45) is 5.73 Å². The van der Waals surface area contributed by atoms with Gasteiger partial charge in [-0.1, -0.05) is 48.5 Å². The highest BCUT2D eigenvalue weighted by molar-refractivity contribution is 7.92. The lowest BCUT2D eigenvalue weighted by Gasteiger charge is -2.17. The van der Waals surface area contributed by atoms with E-state index in [0.717, 1.165) is 16.5 Å². The summed E-state index contributed by atoms with van der Waals surface area (Å²) in [6, 6.07) is 15.4. The third-order valence-electron chi connectivity index (χ3n) is 4.45. The second-order valence-electron chi connectivity index (χ2n) is 6.59. The highest BCUT2D eigenvalue weighted by atomic mass is 32.2. The molecule has 0 saturated carbocycles. The molecule has 0 unspecified atom stereocenters. The van der Waals surface area contributed by atoms with Crippen LogP contribution in [0.4, 0.5) is 0 Å². The number of likely N-dealkylation sites (tertiary alicyclic amines) is 1. The van der Waals surface area contributed by atoms with Gasteiger partial charge >= 0.3 is 0 Å². The van der Waals surface area contributed by atoms with E-state index < -0.39 is 16.1 Å². The summed E-state index contributed by atoms with van der Waals surface area (Å²) in [6.07, 6.45) is 1.90. The molecule has 1 atom stereocenters. The number of nitrogens with one attached hydrogen (secondary N) is 2. The first-order chi connectivity index (χ1) is 13.3. The van der Waals surface area contributed by atoms with Crippen molar-refractivity contribution < 1.29 is 13.2 Å². The van der Waals surface area contributed by atoms with Gasteiger partial charge in [0.15, 0.2) is 0 Å².